The minimum atomic E-state index is 0.397. The Labute approximate surface area is 75.8 Å². The Morgan fingerprint density at radius 2 is 2.33 bits per heavy atom. The van der Waals surface area contributed by atoms with Gasteiger partial charge >= 0.3 is 0 Å². The first kappa shape index (κ1) is 9.79. The van der Waals surface area contributed by atoms with Gasteiger partial charge in [0.2, 0.25) is 0 Å². The van der Waals surface area contributed by atoms with Gasteiger partial charge in [-0.2, -0.15) is 0 Å². The highest BCUT2D eigenvalue weighted by atomic mass is 16.5. The summed E-state index contributed by atoms with van der Waals surface area (Å²) in [6.45, 7) is 7.63. The number of rotatable bonds is 2. The van der Waals surface area contributed by atoms with Crippen molar-refractivity contribution >= 4 is 0 Å². The normalized spacial score (nSPS) is 32.1. The zero-order valence-corrected chi connectivity index (χ0v) is 8.47. The highest BCUT2D eigenvalue weighted by molar-refractivity contribution is 5.02. The topological polar surface area (TPSA) is 9.23 Å². The fourth-order valence-electron chi connectivity index (χ4n) is 1.55. The largest absolute Gasteiger partial charge is 0.374 e. The van der Waals surface area contributed by atoms with Crippen molar-refractivity contribution in [1.82, 2.24) is 0 Å². The Kier molecular flexibility index (Phi) is 3.80. The Balaban J connectivity index is 2.41. The van der Waals surface area contributed by atoms with Gasteiger partial charge in [0, 0.05) is 6.61 Å². The molecule has 1 saturated heterocycles. The van der Waals surface area contributed by atoms with Crippen LogP contribution in [0.2, 0.25) is 0 Å². The molecule has 0 saturated carbocycles. The second-order valence-electron chi connectivity index (χ2n) is 3.91. The Hall–Kier alpha value is -0.300. The van der Waals surface area contributed by atoms with E-state index in [-0.39, 0.29) is 0 Å². The zero-order chi connectivity index (χ0) is 8.97. The summed E-state index contributed by atoms with van der Waals surface area (Å²) >= 11 is 0. The number of ether oxygens (including phenoxy) is 1. The molecule has 0 aromatic carbocycles. The maximum absolute atomic E-state index is 5.64. The molecule has 0 bridgehead atoms. The first-order chi connectivity index (χ1) is 5.72. The standard InChI is InChI=1S/C11H20O/c1-4-9(2)7-11-8-10(3)5-6-12-11/h7,10-11H,4-6,8H2,1-3H3/b9-7+/t10-,11+/m1/s1. The molecule has 1 rings (SSSR count). The third-order valence-electron chi connectivity index (χ3n) is 2.61. The molecule has 0 unspecified atom stereocenters. The van der Waals surface area contributed by atoms with Crippen LogP contribution < -0.4 is 0 Å². The zero-order valence-electron chi connectivity index (χ0n) is 8.47. The van der Waals surface area contributed by atoms with Crippen molar-refractivity contribution < 1.29 is 4.74 Å². The summed E-state index contributed by atoms with van der Waals surface area (Å²) < 4.78 is 5.64. The van der Waals surface area contributed by atoms with E-state index in [0.717, 1.165) is 18.9 Å². The second kappa shape index (κ2) is 4.66. The minimum Gasteiger partial charge on any atom is -0.374 e. The Morgan fingerprint density at radius 3 is 2.92 bits per heavy atom. The fraction of sp³-hybridized carbons (Fsp3) is 0.818. The molecule has 1 aliphatic rings. The highest BCUT2D eigenvalue weighted by Gasteiger charge is 2.16. The molecular formula is C11H20O. The predicted octanol–water partition coefficient (Wildman–Crippen LogP) is 3.16. The molecule has 1 aliphatic heterocycles. The van der Waals surface area contributed by atoms with Crippen molar-refractivity contribution in [3.05, 3.63) is 11.6 Å². The number of hydrogen-bond acceptors (Lipinski definition) is 1. The lowest BCUT2D eigenvalue weighted by Gasteiger charge is -2.25. The van der Waals surface area contributed by atoms with Crippen LogP contribution >= 0.6 is 0 Å². The second-order valence-corrected chi connectivity index (χ2v) is 3.91. The molecule has 1 nitrogen and oxygen atoms in total. The van der Waals surface area contributed by atoms with Gasteiger partial charge in [-0.3, -0.25) is 0 Å². The van der Waals surface area contributed by atoms with Crippen LogP contribution in [-0.2, 0) is 4.74 Å². The first-order valence-electron chi connectivity index (χ1n) is 5.01. The van der Waals surface area contributed by atoms with Crippen molar-refractivity contribution in [2.75, 3.05) is 6.61 Å². The summed E-state index contributed by atoms with van der Waals surface area (Å²) in [5.41, 5.74) is 1.45. The monoisotopic (exact) mass is 168 g/mol. The van der Waals surface area contributed by atoms with Gasteiger partial charge in [-0.25, -0.2) is 0 Å². The predicted molar refractivity (Wildman–Crippen MR) is 52.2 cm³/mol. The highest BCUT2D eigenvalue weighted by Crippen LogP contribution is 2.21. The van der Waals surface area contributed by atoms with E-state index in [1.165, 1.54) is 18.4 Å². The molecule has 0 N–H and O–H groups in total. The molecule has 0 aromatic rings. The lowest BCUT2D eigenvalue weighted by atomic mass is 9.96. The van der Waals surface area contributed by atoms with E-state index in [2.05, 4.69) is 26.8 Å². The van der Waals surface area contributed by atoms with Gasteiger partial charge in [-0.05, 0) is 32.1 Å². The maximum Gasteiger partial charge on any atom is 0.0760 e. The number of allylic oxidation sites excluding steroid dienone is 1. The quantitative estimate of drug-likeness (QED) is 0.575. The van der Waals surface area contributed by atoms with Gasteiger partial charge in [0.05, 0.1) is 6.10 Å². The van der Waals surface area contributed by atoms with Crippen LogP contribution in [-0.4, -0.2) is 12.7 Å². The van der Waals surface area contributed by atoms with Gasteiger partial charge in [-0.1, -0.05) is 25.5 Å². The minimum absolute atomic E-state index is 0.397. The summed E-state index contributed by atoms with van der Waals surface area (Å²) in [4.78, 5) is 0. The van der Waals surface area contributed by atoms with E-state index in [9.17, 15) is 0 Å². The molecule has 12 heavy (non-hydrogen) atoms. The van der Waals surface area contributed by atoms with E-state index < -0.39 is 0 Å². The summed E-state index contributed by atoms with van der Waals surface area (Å²) in [6, 6.07) is 0. The van der Waals surface area contributed by atoms with E-state index in [0.29, 0.717) is 6.10 Å². The van der Waals surface area contributed by atoms with Crippen molar-refractivity contribution in [2.45, 2.75) is 46.1 Å². The Bertz CT molecular complexity index is 160. The van der Waals surface area contributed by atoms with Gasteiger partial charge in [-0.15, -0.1) is 0 Å². The van der Waals surface area contributed by atoms with Gasteiger partial charge in [0.25, 0.3) is 0 Å². The molecule has 70 valence electrons. The van der Waals surface area contributed by atoms with Crippen molar-refractivity contribution in [1.29, 1.82) is 0 Å². The van der Waals surface area contributed by atoms with Crippen LogP contribution in [0, 0.1) is 5.92 Å². The molecule has 2 atom stereocenters. The van der Waals surface area contributed by atoms with Crippen LogP contribution in [0.5, 0.6) is 0 Å². The average molecular weight is 168 g/mol. The molecule has 0 radical (unpaired) electrons. The van der Waals surface area contributed by atoms with Crippen molar-refractivity contribution in [3.8, 4) is 0 Å². The average Bonchev–Trinajstić information content (AvgIpc) is 2.04. The summed E-state index contributed by atoms with van der Waals surface area (Å²) in [5.74, 6) is 0.838. The molecule has 1 heterocycles. The number of hydrogen-bond donors (Lipinski definition) is 0. The third kappa shape index (κ3) is 2.98. The maximum atomic E-state index is 5.64. The first-order valence-corrected chi connectivity index (χ1v) is 5.01. The van der Waals surface area contributed by atoms with Crippen molar-refractivity contribution in [3.63, 3.8) is 0 Å². The molecule has 0 aromatic heterocycles. The summed E-state index contributed by atoms with van der Waals surface area (Å²) in [6.07, 6.45) is 6.27. The molecule has 0 spiro atoms. The van der Waals surface area contributed by atoms with Crippen LogP contribution in [0.15, 0.2) is 11.6 Å². The summed E-state index contributed by atoms with van der Waals surface area (Å²) in [5, 5.41) is 0. The van der Waals surface area contributed by atoms with Gasteiger partial charge < -0.3 is 4.74 Å². The molecule has 0 aliphatic carbocycles. The lowest BCUT2D eigenvalue weighted by Crippen LogP contribution is -2.22. The lowest BCUT2D eigenvalue weighted by molar-refractivity contribution is 0.0234. The van der Waals surface area contributed by atoms with E-state index in [4.69, 9.17) is 4.74 Å². The van der Waals surface area contributed by atoms with E-state index in [1.54, 1.807) is 0 Å². The smallest absolute Gasteiger partial charge is 0.0760 e. The van der Waals surface area contributed by atoms with Crippen LogP contribution in [0.3, 0.4) is 0 Å². The van der Waals surface area contributed by atoms with Crippen LogP contribution in [0.4, 0.5) is 0 Å². The Morgan fingerprint density at radius 1 is 1.58 bits per heavy atom. The van der Waals surface area contributed by atoms with Crippen LogP contribution in [0.1, 0.15) is 40.0 Å². The molecule has 1 heteroatoms. The van der Waals surface area contributed by atoms with Gasteiger partial charge in [0.15, 0.2) is 0 Å². The van der Waals surface area contributed by atoms with Crippen LogP contribution in [0.25, 0.3) is 0 Å². The van der Waals surface area contributed by atoms with E-state index >= 15 is 0 Å². The molecule has 0 amide bonds. The van der Waals surface area contributed by atoms with Crippen molar-refractivity contribution in [2.24, 2.45) is 5.92 Å². The molecular weight excluding hydrogens is 148 g/mol. The van der Waals surface area contributed by atoms with E-state index in [1.807, 2.05) is 0 Å². The summed E-state index contributed by atoms with van der Waals surface area (Å²) in [7, 11) is 0. The fourth-order valence-corrected chi connectivity index (χ4v) is 1.55. The SMILES string of the molecule is CC/C(C)=C/[C@H]1C[C@H](C)CCO1. The molecule has 1 fully saturated rings. The third-order valence-corrected chi connectivity index (χ3v) is 2.61. The van der Waals surface area contributed by atoms with Gasteiger partial charge in [0.1, 0.15) is 0 Å².